The Labute approximate surface area is 111 Å². The minimum Gasteiger partial charge on any atom is -0.378 e. The third kappa shape index (κ3) is 2.88. The van der Waals surface area contributed by atoms with Gasteiger partial charge < -0.3 is 4.74 Å². The smallest absolute Gasteiger partial charge is 0.277 e. The molecule has 1 heterocycles. The van der Waals surface area contributed by atoms with Crippen molar-refractivity contribution in [3.63, 3.8) is 0 Å². The van der Waals surface area contributed by atoms with Gasteiger partial charge >= 0.3 is 0 Å². The molecule has 2 rings (SSSR count). The highest BCUT2D eigenvalue weighted by Gasteiger charge is 2.23. The van der Waals surface area contributed by atoms with Crippen LogP contribution in [0.1, 0.15) is 58.4 Å². The number of carbonyl (C=O) groups excluding carboxylic acids is 1. The van der Waals surface area contributed by atoms with Gasteiger partial charge in [0.15, 0.2) is 0 Å². The quantitative estimate of drug-likeness (QED) is 0.497. The number of nitrogens with one attached hydrogen (secondary N) is 1. The Hall–Kier alpha value is -0.980. The van der Waals surface area contributed by atoms with E-state index in [1.165, 1.54) is 43.4 Å². The number of hydrogen-bond donors (Lipinski definition) is 2. The standard InChI is InChI=1S/C12H19N3O2S/c1-17-7-9-10(11(16)15-13)18-12(14-9)8-5-3-2-4-6-8/h8H,2-7,13H2,1H3,(H,15,16). The molecular formula is C12H19N3O2S. The number of methoxy groups -OCH3 is 1. The van der Waals surface area contributed by atoms with Gasteiger partial charge in [-0.15, -0.1) is 11.3 Å². The minimum atomic E-state index is -0.276. The summed E-state index contributed by atoms with van der Waals surface area (Å²) in [6.45, 7) is 0.353. The van der Waals surface area contributed by atoms with Crippen molar-refractivity contribution >= 4 is 17.2 Å². The fourth-order valence-electron chi connectivity index (χ4n) is 2.37. The lowest BCUT2D eigenvalue weighted by Gasteiger charge is -2.18. The molecular weight excluding hydrogens is 250 g/mol. The van der Waals surface area contributed by atoms with E-state index in [-0.39, 0.29) is 5.91 Å². The molecule has 100 valence electrons. The largest absolute Gasteiger partial charge is 0.378 e. The van der Waals surface area contributed by atoms with Crippen LogP contribution in [-0.2, 0) is 11.3 Å². The molecule has 0 aromatic carbocycles. The van der Waals surface area contributed by atoms with Crippen LogP contribution in [0.3, 0.4) is 0 Å². The van der Waals surface area contributed by atoms with Crippen LogP contribution in [0.25, 0.3) is 0 Å². The topological polar surface area (TPSA) is 77.2 Å². The maximum Gasteiger partial charge on any atom is 0.277 e. The third-order valence-electron chi connectivity index (χ3n) is 3.29. The van der Waals surface area contributed by atoms with E-state index >= 15 is 0 Å². The Balaban J connectivity index is 2.23. The molecule has 5 nitrogen and oxygen atoms in total. The van der Waals surface area contributed by atoms with E-state index in [0.29, 0.717) is 23.1 Å². The SMILES string of the molecule is COCc1nc(C2CCCCC2)sc1C(=O)NN. The Kier molecular flexibility index (Phi) is 4.68. The number of carbonyl (C=O) groups is 1. The Bertz CT molecular complexity index is 413. The van der Waals surface area contributed by atoms with Crippen LogP contribution in [0.2, 0.25) is 0 Å². The molecule has 0 unspecified atom stereocenters. The molecule has 1 amide bonds. The van der Waals surface area contributed by atoms with Gasteiger partial charge in [-0.05, 0) is 12.8 Å². The maximum absolute atomic E-state index is 11.7. The summed E-state index contributed by atoms with van der Waals surface area (Å²) in [5, 5.41) is 1.06. The van der Waals surface area contributed by atoms with Crippen LogP contribution >= 0.6 is 11.3 Å². The molecule has 0 bridgehead atoms. The van der Waals surface area contributed by atoms with Crippen LogP contribution in [0, 0.1) is 0 Å². The zero-order valence-corrected chi connectivity index (χ0v) is 11.4. The molecule has 1 fully saturated rings. The van der Waals surface area contributed by atoms with Gasteiger partial charge in [0.05, 0.1) is 17.3 Å². The highest BCUT2D eigenvalue weighted by atomic mass is 32.1. The van der Waals surface area contributed by atoms with Gasteiger partial charge in [-0.25, -0.2) is 10.8 Å². The van der Waals surface area contributed by atoms with Crippen molar-refractivity contribution < 1.29 is 9.53 Å². The molecule has 0 radical (unpaired) electrons. The van der Waals surface area contributed by atoms with Crippen molar-refractivity contribution in [1.82, 2.24) is 10.4 Å². The first kappa shape index (κ1) is 13.5. The summed E-state index contributed by atoms with van der Waals surface area (Å²) < 4.78 is 5.09. The number of ether oxygens (including phenoxy) is 1. The maximum atomic E-state index is 11.7. The molecule has 1 aliphatic rings. The first-order valence-electron chi connectivity index (χ1n) is 6.25. The van der Waals surface area contributed by atoms with Crippen molar-refractivity contribution in [2.24, 2.45) is 5.84 Å². The predicted octanol–water partition coefficient (Wildman–Crippen LogP) is 1.94. The Morgan fingerprint density at radius 1 is 1.50 bits per heavy atom. The molecule has 1 aromatic heterocycles. The Morgan fingerprint density at radius 2 is 2.22 bits per heavy atom. The number of aromatic nitrogens is 1. The zero-order chi connectivity index (χ0) is 13.0. The average molecular weight is 269 g/mol. The van der Waals surface area contributed by atoms with Crippen LogP contribution in [0.5, 0.6) is 0 Å². The number of nitrogen functional groups attached to an aromatic ring is 1. The summed E-state index contributed by atoms with van der Waals surface area (Å²) in [7, 11) is 1.60. The van der Waals surface area contributed by atoms with Crippen molar-refractivity contribution in [3.05, 3.63) is 15.6 Å². The minimum absolute atomic E-state index is 0.276. The van der Waals surface area contributed by atoms with Crippen LogP contribution < -0.4 is 11.3 Å². The number of hydrazine groups is 1. The van der Waals surface area contributed by atoms with Crippen molar-refractivity contribution in [1.29, 1.82) is 0 Å². The molecule has 3 N–H and O–H groups in total. The van der Waals surface area contributed by atoms with Crippen LogP contribution in [0.15, 0.2) is 0 Å². The van der Waals surface area contributed by atoms with Crippen molar-refractivity contribution in [2.45, 2.75) is 44.6 Å². The molecule has 0 atom stereocenters. The molecule has 1 aromatic rings. The summed E-state index contributed by atoms with van der Waals surface area (Å²) in [6.07, 6.45) is 6.15. The summed E-state index contributed by atoms with van der Waals surface area (Å²) in [5.41, 5.74) is 2.87. The van der Waals surface area contributed by atoms with Gasteiger partial charge in [-0.3, -0.25) is 10.2 Å². The van der Waals surface area contributed by atoms with Gasteiger partial charge in [-0.1, -0.05) is 19.3 Å². The van der Waals surface area contributed by atoms with Gasteiger partial charge in [-0.2, -0.15) is 0 Å². The molecule has 1 aliphatic carbocycles. The van der Waals surface area contributed by atoms with Gasteiger partial charge in [0.1, 0.15) is 4.88 Å². The fourth-order valence-corrected chi connectivity index (χ4v) is 3.51. The summed E-state index contributed by atoms with van der Waals surface area (Å²) in [5.74, 6) is 5.42. The van der Waals surface area contributed by atoms with Crippen LogP contribution in [-0.4, -0.2) is 18.0 Å². The first-order valence-corrected chi connectivity index (χ1v) is 7.07. The molecule has 6 heteroatoms. The molecule has 1 saturated carbocycles. The number of amides is 1. The lowest BCUT2D eigenvalue weighted by atomic mass is 9.90. The zero-order valence-electron chi connectivity index (χ0n) is 10.6. The monoisotopic (exact) mass is 269 g/mol. The highest BCUT2D eigenvalue weighted by molar-refractivity contribution is 7.13. The molecule has 0 aliphatic heterocycles. The predicted molar refractivity (Wildman–Crippen MR) is 70.3 cm³/mol. The molecule has 18 heavy (non-hydrogen) atoms. The van der Waals surface area contributed by atoms with E-state index in [1.807, 2.05) is 0 Å². The van der Waals surface area contributed by atoms with Gasteiger partial charge in [0, 0.05) is 13.0 Å². The number of hydrogen-bond acceptors (Lipinski definition) is 5. The summed E-state index contributed by atoms with van der Waals surface area (Å²) in [4.78, 5) is 16.8. The Morgan fingerprint density at radius 3 is 2.83 bits per heavy atom. The second-order valence-electron chi connectivity index (χ2n) is 4.57. The van der Waals surface area contributed by atoms with E-state index in [9.17, 15) is 4.79 Å². The van der Waals surface area contributed by atoms with Gasteiger partial charge in [0.25, 0.3) is 5.91 Å². The lowest BCUT2D eigenvalue weighted by Crippen LogP contribution is -2.30. The normalized spacial score (nSPS) is 16.8. The van der Waals surface area contributed by atoms with E-state index in [4.69, 9.17) is 10.6 Å². The van der Waals surface area contributed by atoms with Crippen molar-refractivity contribution in [2.75, 3.05) is 7.11 Å². The van der Waals surface area contributed by atoms with E-state index in [0.717, 1.165) is 5.01 Å². The summed E-state index contributed by atoms with van der Waals surface area (Å²) in [6, 6.07) is 0. The average Bonchev–Trinajstić information content (AvgIpc) is 2.83. The number of nitrogens with zero attached hydrogens (tertiary/aromatic N) is 1. The fraction of sp³-hybridized carbons (Fsp3) is 0.667. The number of thiazole rings is 1. The number of nitrogens with two attached hydrogens (primary N) is 1. The molecule has 0 spiro atoms. The third-order valence-corrected chi connectivity index (χ3v) is 4.55. The second-order valence-corrected chi connectivity index (χ2v) is 5.60. The van der Waals surface area contributed by atoms with Crippen molar-refractivity contribution in [3.8, 4) is 0 Å². The van der Waals surface area contributed by atoms with E-state index in [2.05, 4.69) is 10.4 Å². The first-order chi connectivity index (χ1) is 8.76. The van der Waals surface area contributed by atoms with E-state index < -0.39 is 0 Å². The van der Waals surface area contributed by atoms with Gasteiger partial charge in [0.2, 0.25) is 0 Å². The number of rotatable bonds is 4. The molecule has 0 saturated heterocycles. The lowest BCUT2D eigenvalue weighted by molar-refractivity contribution is 0.0952. The highest BCUT2D eigenvalue weighted by Crippen LogP contribution is 2.36. The van der Waals surface area contributed by atoms with Crippen LogP contribution in [0.4, 0.5) is 0 Å². The second kappa shape index (κ2) is 6.26. The van der Waals surface area contributed by atoms with E-state index in [1.54, 1.807) is 7.11 Å². The summed E-state index contributed by atoms with van der Waals surface area (Å²) >= 11 is 1.46.